The van der Waals surface area contributed by atoms with Gasteiger partial charge in [-0.2, -0.15) is 0 Å². The third-order valence-corrected chi connectivity index (χ3v) is 7.23. The molecule has 1 fully saturated rings. The number of amides is 1. The number of pyridine rings is 1. The van der Waals surface area contributed by atoms with Crippen LogP contribution in [0.15, 0.2) is 24.4 Å². The Kier molecular flexibility index (Phi) is 4.63. The molecule has 2 aromatic rings. The average Bonchev–Trinajstić information content (AvgIpc) is 3.20. The number of carbonyl (C=O) groups excluding carboxylic acids is 1. The van der Waals surface area contributed by atoms with Crippen LogP contribution in [0, 0.1) is 0 Å². The van der Waals surface area contributed by atoms with Crippen molar-refractivity contribution in [2.24, 2.45) is 0 Å². The van der Waals surface area contributed by atoms with Crippen molar-refractivity contribution in [1.82, 2.24) is 9.88 Å². The molecule has 152 valence electrons. The Hall–Kier alpha value is -1.98. The van der Waals surface area contributed by atoms with Gasteiger partial charge in [0.05, 0.1) is 16.6 Å². The van der Waals surface area contributed by atoms with Gasteiger partial charge in [0.1, 0.15) is 18.4 Å². The molecule has 7 heteroatoms. The third kappa shape index (κ3) is 3.06. The molecule has 0 N–H and O–H groups in total. The highest BCUT2D eigenvalue weighted by Crippen LogP contribution is 2.52. The van der Waals surface area contributed by atoms with E-state index in [1.807, 2.05) is 4.90 Å². The minimum Gasteiger partial charge on any atom is -0.486 e. The number of halogens is 2. The highest BCUT2D eigenvalue weighted by atomic mass is 35.5. The fourth-order valence-electron chi connectivity index (χ4n) is 5.06. The van der Waals surface area contributed by atoms with Gasteiger partial charge < -0.3 is 14.4 Å². The first kappa shape index (κ1) is 19.0. The second-order valence-corrected chi connectivity index (χ2v) is 8.94. The van der Waals surface area contributed by atoms with Crippen molar-refractivity contribution in [3.05, 3.63) is 51.3 Å². The number of nitrogens with zero attached hydrogens (tertiary/aromatic N) is 2. The molecule has 5 nitrogen and oxygen atoms in total. The zero-order chi connectivity index (χ0) is 20.2. The van der Waals surface area contributed by atoms with E-state index in [1.165, 1.54) is 24.6 Å². The van der Waals surface area contributed by atoms with Gasteiger partial charge in [0, 0.05) is 18.2 Å². The molecule has 1 spiro atoms. The molecular weight excluding hydrogens is 411 g/mol. The van der Waals surface area contributed by atoms with Gasteiger partial charge in [0.2, 0.25) is 0 Å². The summed E-state index contributed by atoms with van der Waals surface area (Å²) in [6.45, 7) is 3.87. The SMILES string of the molecule is C[C@H]1c2cc3c(cc2C2(CCCC2)CN1C(=O)c1cnc(Cl)c(Cl)c1)OCCO3. The Morgan fingerprint density at radius 3 is 2.52 bits per heavy atom. The van der Waals surface area contributed by atoms with E-state index in [0.29, 0.717) is 25.3 Å². The molecule has 3 aliphatic rings. The predicted molar refractivity (Wildman–Crippen MR) is 111 cm³/mol. The second-order valence-electron chi connectivity index (χ2n) is 8.18. The Labute approximate surface area is 179 Å². The van der Waals surface area contributed by atoms with Crippen LogP contribution in [0.25, 0.3) is 0 Å². The van der Waals surface area contributed by atoms with Gasteiger partial charge in [0.15, 0.2) is 11.5 Å². The van der Waals surface area contributed by atoms with E-state index < -0.39 is 0 Å². The molecule has 1 aromatic heterocycles. The van der Waals surface area contributed by atoms with E-state index in [9.17, 15) is 4.79 Å². The van der Waals surface area contributed by atoms with Gasteiger partial charge in [0.25, 0.3) is 5.91 Å². The summed E-state index contributed by atoms with van der Waals surface area (Å²) in [6, 6.07) is 5.75. The molecule has 0 saturated heterocycles. The van der Waals surface area contributed by atoms with Crippen molar-refractivity contribution < 1.29 is 14.3 Å². The summed E-state index contributed by atoms with van der Waals surface area (Å²) < 4.78 is 11.7. The van der Waals surface area contributed by atoms with Gasteiger partial charge in [-0.1, -0.05) is 36.0 Å². The van der Waals surface area contributed by atoms with E-state index >= 15 is 0 Å². The highest BCUT2D eigenvalue weighted by Gasteiger charge is 2.46. The first-order valence-electron chi connectivity index (χ1n) is 10.0. The summed E-state index contributed by atoms with van der Waals surface area (Å²) in [5.74, 6) is 1.51. The molecule has 1 atom stereocenters. The lowest BCUT2D eigenvalue weighted by Gasteiger charge is -2.46. The highest BCUT2D eigenvalue weighted by molar-refractivity contribution is 6.41. The molecule has 5 rings (SSSR count). The predicted octanol–water partition coefficient (Wildman–Crippen LogP) is 5.19. The van der Waals surface area contributed by atoms with Crippen LogP contribution in [0.5, 0.6) is 11.5 Å². The molecular formula is C22H22Cl2N2O3. The Morgan fingerprint density at radius 1 is 1.14 bits per heavy atom. The number of rotatable bonds is 1. The smallest absolute Gasteiger partial charge is 0.256 e. The lowest BCUT2D eigenvalue weighted by molar-refractivity contribution is 0.0592. The molecule has 1 aliphatic carbocycles. The van der Waals surface area contributed by atoms with Crippen molar-refractivity contribution >= 4 is 29.1 Å². The maximum absolute atomic E-state index is 13.4. The Bertz CT molecular complexity index is 988. The van der Waals surface area contributed by atoms with Crippen molar-refractivity contribution in [3.63, 3.8) is 0 Å². The summed E-state index contributed by atoms with van der Waals surface area (Å²) in [6.07, 6.45) is 5.96. The number of hydrogen-bond acceptors (Lipinski definition) is 4. The van der Waals surface area contributed by atoms with Crippen molar-refractivity contribution in [1.29, 1.82) is 0 Å². The number of hydrogen-bond donors (Lipinski definition) is 0. The normalized spacial score (nSPS) is 21.9. The first-order valence-corrected chi connectivity index (χ1v) is 10.8. The number of aromatic nitrogens is 1. The quantitative estimate of drug-likeness (QED) is 0.581. The number of carbonyl (C=O) groups is 1. The largest absolute Gasteiger partial charge is 0.486 e. The molecule has 0 unspecified atom stereocenters. The van der Waals surface area contributed by atoms with Crippen LogP contribution in [0.4, 0.5) is 0 Å². The molecule has 0 radical (unpaired) electrons. The topological polar surface area (TPSA) is 51.7 Å². The zero-order valence-electron chi connectivity index (χ0n) is 16.2. The third-order valence-electron chi connectivity index (χ3n) is 6.54. The molecule has 29 heavy (non-hydrogen) atoms. The lowest BCUT2D eigenvalue weighted by Crippen LogP contribution is -2.48. The van der Waals surface area contributed by atoms with Crippen LogP contribution in [-0.4, -0.2) is 35.5 Å². The zero-order valence-corrected chi connectivity index (χ0v) is 17.7. The van der Waals surface area contributed by atoms with Gasteiger partial charge >= 0.3 is 0 Å². The van der Waals surface area contributed by atoms with Gasteiger partial charge in [-0.15, -0.1) is 0 Å². The van der Waals surface area contributed by atoms with Crippen LogP contribution in [0.1, 0.15) is 60.1 Å². The minimum atomic E-state index is -0.0889. The van der Waals surface area contributed by atoms with Crippen LogP contribution < -0.4 is 9.47 Å². The van der Waals surface area contributed by atoms with Gasteiger partial charge in [-0.25, -0.2) is 4.98 Å². The van der Waals surface area contributed by atoms with Crippen molar-refractivity contribution in [2.75, 3.05) is 19.8 Å². The van der Waals surface area contributed by atoms with E-state index in [0.717, 1.165) is 29.9 Å². The molecule has 1 saturated carbocycles. The lowest BCUT2D eigenvalue weighted by atomic mass is 9.71. The maximum atomic E-state index is 13.4. The van der Waals surface area contributed by atoms with E-state index in [1.54, 1.807) is 6.07 Å². The van der Waals surface area contributed by atoms with Crippen LogP contribution in [0.2, 0.25) is 10.2 Å². The Morgan fingerprint density at radius 2 is 1.83 bits per heavy atom. The van der Waals surface area contributed by atoms with E-state index in [4.69, 9.17) is 32.7 Å². The van der Waals surface area contributed by atoms with Gasteiger partial charge in [-0.05, 0) is 49.1 Å². The second kappa shape index (κ2) is 7.06. The van der Waals surface area contributed by atoms with Crippen LogP contribution in [-0.2, 0) is 5.41 Å². The standard InChI is InChI=1S/C22H22Cl2N2O3/c1-13-15-9-18-19(29-7-6-28-18)10-16(15)22(4-2-3-5-22)12-26(13)21(27)14-8-17(23)20(24)25-11-14/h8-11,13H,2-7,12H2,1H3/t13-/m0/s1. The summed E-state index contributed by atoms with van der Waals surface area (Å²) in [5, 5.41) is 0.495. The van der Waals surface area contributed by atoms with Crippen molar-refractivity contribution in [2.45, 2.75) is 44.1 Å². The summed E-state index contributed by atoms with van der Waals surface area (Å²) in [7, 11) is 0. The molecule has 0 bridgehead atoms. The van der Waals surface area contributed by atoms with E-state index in [2.05, 4.69) is 24.0 Å². The van der Waals surface area contributed by atoms with Crippen LogP contribution in [0.3, 0.4) is 0 Å². The Balaban J connectivity index is 1.59. The molecule has 3 heterocycles. The van der Waals surface area contributed by atoms with Crippen LogP contribution >= 0.6 is 23.2 Å². The number of fused-ring (bicyclic) bond motifs is 3. The fourth-order valence-corrected chi connectivity index (χ4v) is 5.33. The van der Waals surface area contributed by atoms with E-state index in [-0.39, 0.29) is 27.5 Å². The molecule has 1 aromatic carbocycles. The first-order chi connectivity index (χ1) is 14.0. The van der Waals surface area contributed by atoms with Gasteiger partial charge in [-0.3, -0.25) is 4.79 Å². The number of ether oxygens (including phenoxy) is 2. The average molecular weight is 433 g/mol. The summed E-state index contributed by atoms with van der Waals surface area (Å²) >= 11 is 12.1. The fraction of sp³-hybridized carbons (Fsp3) is 0.455. The minimum absolute atomic E-state index is 0.0447. The number of benzene rings is 1. The summed E-state index contributed by atoms with van der Waals surface area (Å²) in [4.78, 5) is 19.4. The maximum Gasteiger partial charge on any atom is 0.256 e. The molecule has 1 amide bonds. The van der Waals surface area contributed by atoms with Crippen molar-refractivity contribution in [3.8, 4) is 11.5 Å². The summed E-state index contributed by atoms with van der Waals surface area (Å²) in [5.41, 5.74) is 2.86. The monoisotopic (exact) mass is 432 g/mol. The molecule has 2 aliphatic heterocycles.